The van der Waals surface area contributed by atoms with Gasteiger partial charge in [0, 0.05) is 40.9 Å². The van der Waals surface area contributed by atoms with E-state index >= 15 is 0 Å². The number of Topliss-reactive ketones (excluding diaryl/α,β-unsaturated/α-hetero) is 1. The normalized spacial score (nSPS) is 24.8. The standard InChI is InChI=1S/C29H38BrClN4O6/c1-28(2,3)41-27(38)34-11-6-10-29(17-34)14-23(40-29)26(37)32-15-18(36)8-9-19-21(31)13-22-20(25(19)30)16-33-35(22)24-7-4-5-12-39-24/h13,16,23-24H,4-12,14-15,17H2,1-3H3,(H,32,37)/t23?,24?,29-/m0/s1. The second-order valence-electron chi connectivity index (χ2n) is 12.2. The minimum Gasteiger partial charge on any atom is -0.444 e. The van der Waals surface area contributed by atoms with Crippen molar-refractivity contribution in [3.8, 4) is 0 Å². The van der Waals surface area contributed by atoms with Crippen LogP contribution in [0.2, 0.25) is 5.02 Å². The van der Waals surface area contributed by atoms with E-state index in [1.165, 1.54) is 0 Å². The zero-order valence-electron chi connectivity index (χ0n) is 23.8. The maximum absolute atomic E-state index is 12.7. The van der Waals surface area contributed by atoms with E-state index in [0.717, 1.165) is 59.7 Å². The number of halogens is 2. The van der Waals surface area contributed by atoms with Crippen LogP contribution in [-0.2, 0) is 30.2 Å². The van der Waals surface area contributed by atoms with Crippen molar-refractivity contribution in [3.05, 3.63) is 27.3 Å². The summed E-state index contributed by atoms with van der Waals surface area (Å²) in [6, 6.07) is 1.88. The molecule has 3 saturated heterocycles. The van der Waals surface area contributed by atoms with Gasteiger partial charge >= 0.3 is 6.09 Å². The van der Waals surface area contributed by atoms with Gasteiger partial charge in [0.15, 0.2) is 12.0 Å². The third kappa shape index (κ3) is 6.89. The Morgan fingerprint density at radius 1 is 1.27 bits per heavy atom. The number of amides is 2. The molecule has 2 amide bonds. The molecule has 1 aromatic carbocycles. The van der Waals surface area contributed by atoms with E-state index in [-0.39, 0.29) is 37.0 Å². The van der Waals surface area contributed by atoms with Gasteiger partial charge in [0.1, 0.15) is 11.7 Å². The topological polar surface area (TPSA) is 112 Å². The Labute approximate surface area is 253 Å². The van der Waals surface area contributed by atoms with Crippen LogP contribution < -0.4 is 5.32 Å². The highest BCUT2D eigenvalue weighted by molar-refractivity contribution is 9.10. The Morgan fingerprint density at radius 2 is 2.05 bits per heavy atom. The summed E-state index contributed by atoms with van der Waals surface area (Å²) in [6.07, 6.45) is 6.49. The van der Waals surface area contributed by atoms with Crippen LogP contribution in [0.5, 0.6) is 0 Å². The predicted octanol–water partition coefficient (Wildman–Crippen LogP) is 5.33. The van der Waals surface area contributed by atoms with Crippen LogP contribution in [0.25, 0.3) is 10.9 Å². The predicted molar refractivity (Wildman–Crippen MR) is 157 cm³/mol. The Kier molecular flexibility index (Phi) is 8.99. The van der Waals surface area contributed by atoms with Crippen molar-refractivity contribution in [1.29, 1.82) is 0 Å². The highest BCUT2D eigenvalue weighted by Gasteiger charge is 2.51. The number of fused-ring (bicyclic) bond motifs is 1. The number of nitrogens with one attached hydrogen (secondary N) is 1. The second kappa shape index (κ2) is 12.2. The molecule has 224 valence electrons. The van der Waals surface area contributed by atoms with E-state index in [0.29, 0.717) is 31.0 Å². The Balaban J connectivity index is 1.09. The van der Waals surface area contributed by atoms with Crippen molar-refractivity contribution in [2.45, 2.75) is 95.7 Å². The number of rotatable bonds is 7. The highest BCUT2D eigenvalue weighted by Crippen LogP contribution is 2.40. The molecule has 1 spiro atoms. The number of hydrogen-bond donors (Lipinski definition) is 1. The maximum atomic E-state index is 12.7. The number of benzene rings is 1. The monoisotopic (exact) mass is 652 g/mol. The quantitative estimate of drug-likeness (QED) is 0.430. The molecule has 3 aliphatic heterocycles. The first-order valence-electron chi connectivity index (χ1n) is 14.4. The zero-order valence-corrected chi connectivity index (χ0v) is 26.2. The maximum Gasteiger partial charge on any atom is 0.410 e. The Morgan fingerprint density at radius 3 is 2.76 bits per heavy atom. The fourth-order valence-electron chi connectivity index (χ4n) is 5.81. The third-order valence-electron chi connectivity index (χ3n) is 7.86. The molecule has 12 heteroatoms. The smallest absolute Gasteiger partial charge is 0.410 e. The molecule has 0 aliphatic carbocycles. The average molecular weight is 654 g/mol. The molecule has 1 aromatic heterocycles. The number of nitrogens with zero attached hydrogens (tertiary/aromatic N) is 3. The molecule has 3 atom stereocenters. The van der Waals surface area contributed by atoms with E-state index in [1.54, 1.807) is 11.1 Å². The van der Waals surface area contributed by atoms with Gasteiger partial charge in [-0.2, -0.15) is 5.10 Å². The number of carbonyl (C=O) groups excluding carboxylic acids is 3. The average Bonchev–Trinajstić information content (AvgIpc) is 3.33. The van der Waals surface area contributed by atoms with Gasteiger partial charge < -0.3 is 24.4 Å². The first kappa shape index (κ1) is 30.3. The van der Waals surface area contributed by atoms with Gasteiger partial charge in [-0.15, -0.1) is 0 Å². The summed E-state index contributed by atoms with van der Waals surface area (Å²) in [5.41, 5.74) is 0.624. The largest absolute Gasteiger partial charge is 0.444 e. The molecular formula is C29H38BrClN4O6. The number of hydrogen-bond acceptors (Lipinski definition) is 7. The van der Waals surface area contributed by atoms with Crippen molar-refractivity contribution in [3.63, 3.8) is 0 Å². The molecule has 3 fully saturated rings. The first-order chi connectivity index (χ1) is 19.4. The van der Waals surface area contributed by atoms with Gasteiger partial charge in [-0.3, -0.25) is 9.59 Å². The SMILES string of the molecule is CC(C)(C)OC(=O)N1CCC[C@]2(CC(C(=O)NCC(=O)CCc3c(Cl)cc4c(cnn4C4CCCCO4)c3Br)O2)C1. The summed E-state index contributed by atoms with van der Waals surface area (Å²) in [5.74, 6) is -0.410. The van der Waals surface area contributed by atoms with E-state index in [9.17, 15) is 14.4 Å². The summed E-state index contributed by atoms with van der Waals surface area (Å²) in [6.45, 7) is 7.15. The molecule has 41 heavy (non-hydrogen) atoms. The van der Waals surface area contributed by atoms with Crippen LogP contribution in [0, 0.1) is 0 Å². The molecule has 0 saturated carbocycles. The highest BCUT2D eigenvalue weighted by atomic mass is 79.9. The van der Waals surface area contributed by atoms with Crippen LogP contribution >= 0.6 is 27.5 Å². The molecule has 2 unspecified atom stereocenters. The van der Waals surface area contributed by atoms with Crippen molar-refractivity contribution in [2.75, 3.05) is 26.2 Å². The van der Waals surface area contributed by atoms with Gasteiger partial charge in [0.25, 0.3) is 0 Å². The fourth-order valence-corrected chi connectivity index (χ4v) is 6.93. The van der Waals surface area contributed by atoms with E-state index in [1.807, 2.05) is 31.5 Å². The van der Waals surface area contributed by atoms with Crippen LogP contribution in [-0.4, -0.2) is 76.0 Å². The summed E-state index contributed by atoms with van der Waals surface area (Å²) in [4.78, 5) is 39.5. The molecule has 5 rings (SSSR count). The van der Waals surface area contributed by atoms with Gasteiger partial charge in [-0.25, -0.2) is 9.48 Å². The second-order valence-corrected chi connectivity index (χ2v) is 13.4. The lowest BCUT2D eigenvalue weighted by molar-refractivity contribution is -0.223. The molecule has 3 aliphatic rings. The number of carbonyl (C=O) groups is 3. The van der Waals surface area contributed by atoms with Gasteiger partial charge in [-0.05, 0) is 86.9 Å². The zero-order chi connectivity index (χ0) is 29.4. The fraction of sp³-hybridized carbons (Fsp3) is 0.655. The van der Waals surface area contributed by atoms with Crippen molar-refractivity contribution in [1.82, 2.24) is 20.0 Å². The Bertz CT molecular complexity index is 1310. The molecular weight excluding hydrogens is 616 g/mol. The summed E-state index contributed by atoms with van der Waals surface area (Å²) in [5, 5.41) is 8.74. The number of ketones is 1. The molecule has 2 aromatic rings. The molecule has 4 heterocycles. The molecule has 10 nitrogen and oxygen atoms in total. The van der Waals surface area contributed by atoms with Crippen LogP contribution in [0.3, 0.4) is 0 Å². The molecule has 0 bridgehead atoms. The van der Waals surface area contributed by atoms with E-state index < -0.39 is 17.3 Å². The summed E-state index contributed by atoms with van der Waals surface area (Å²) < 4.78 is 20.1. The lowest BCUT2D eigenvalue weighted by Gasteiger charge is -2.51. The number of aromatic nitrogens is 2. The lowest BCUT2D eigenvalue weighted by Crippen LogP contribution is -2.64. The summed E-state index contributed by atoms with van der Waals surface area (Å²) in [7, 11) is 0. The minimum absolute atomic E-state index is 0.0792. The summed E-state index contributed by atoms with van der Waals surface area (Å²) >= 11 is 10.3. The minimum atomic E-state index is -0.628. The number of ether oxygens (including phenoxy) is 3. The van der Waals surface area contributed by atoms with Crippen LogP contribution in [0.4, 0.5) is 4.79 Å². The lowest BCUT2D eigenvalue weighted by atomic mass is 9.81. The van der Waals surface area contributed by atoms with Crippen LogP contribution in [0.15, 0.2) is 16.7 Å². The van der Waals surface area contributed by atoms with Gasteiger partial charge in [-0.1, -0.05) is 11.6 Å². The van der Waals surface area contributed by atoms with Gasteiger partial charge in [0.2, 0.25) is 5.91 Å². The Hall–Kier alpha value is -2.21. The van der Waals surface area contributed by atoms with E-state index in [4.69, 9.17) is 25.8 Å². The van der Waals surface area contributed by atoms with E-state index in [2.05, 4.69) is 26.3 Å². The van der Waals surface area contributed by atoms with Crippen LogP contribution in [0.1, 0.15) is 77.5 Å². The molecule has 1 N–H and O–H groups in total. The number of piperidine rings is 1. The van der Waals surface area contributed by atoms with Crippen molar-refractivity contribution in [2.24, 2.45) is 0 Å². The third-order valence-corrected chi connectivity index (χ3v) is 9.11. The van der Waals surface area contributed by atoms with Crippen molar-refractivity contribution >= 4 is 56.2 Å². The number of likely N-dealkylation sites (tertiary alicyclic amines) is 1. The van der Waals surface area contributed by atoms with Gasteiger partial charge in [0.05, 0.1) is 30.4 Å². The first-order valence-corrected chi connectivity index (χ1v) is 15.5. The van der Waals surface area contributed by atoms with Crippen molar-refractivity contribution < 1.29 is 28.6 Å². The molecule has 0 radical (unpaired) electrons.